The van der Waals surface area contributed by atoms with Gasteiger partial charge in [0.15, 0.2) is 22.8 Å². The van der Waals surface area contributed by atoms with Crippen molar-refractivity contribution < 1.29 is 80.5 Å². The lowest BCUT2D eigenvalue weighted by molar-refractivity contribution is -0.347. The fourth-order valence-corrected chi connectivity index (χ4v) is 9.15. The van der Waals surface area contributed by atoms with E-state index in [-0.39, 0.29) is 41.6 Å². The molecule has 2 unspecified atom stereocenters. The summed E-state index contributed by atoms with van der Waals surface area (Å²) in [6, 6.07) is 0. The lowest BCUT2D eigenvalue weighted by Gasteiger charge is -2.36. The first-order valence-electron chi connectivity index (χ1n) is 19.2. The van der Waals surface area contributed by atoms with Gasteiger partial charge in [0, 0.05) is 37.1 Å². The Labute approximate surface area is 356 Å². The molecule has 1 saturated heterocycles. The highest BCUT2D eigenvalue weighted by molar-refractivity contribution is 8.13. The number of aliphatic hydroxyl groups is 2. The van der Waals surface area contributed by atoms with E-state index in [0.717, 1.165) is 73.9 Å². The highest BCUT2D eigenvalue weighted by atomic mass is 32.2. The number of rotatable bonds is 28. The first-order chi connectivity index (χ1) is 28.6. The predicted octanol–water partition coefficient (Wildman–Crippen LogP) is -0.166. The van der Waals surface area contributed by atoms with Gasteiger partial charge in [0.1, 0.15) is 36.3 Å². The fraction of sp³-hybridized carbons (Fsp3) is 0.697. The molecule has 0 aliphatic carbocycles. The maximum absolute atomic E-state index is 12.6. The van der Waals surface area contributed by atoms with Crippen molar-refractivity contribution in [1.29, 1.82) is 0 Å². The number of fused-ring (bicyclic) bond motifs is 1. The molecule has 1 aliphatic rings. The number of thioether (sulfide) groups is 1. The number of carbonyl (C=O) groups is 3. The Kier molecular flexibility index (Phi) is 21.0. The number of nitrogens with two attached hydrogens (primary N) is 1. The average Bonchev–Trinajstić information content (AvgIpc) is 3.73. The number of nitrogen functional groups attached to an aromatic ring is 1. The molecule has 2 amide bonds. The Morgan fingerprint density at radius 1 is 1.00 bits per heavy atom. The van der Waals surface area contributed by atoms with Crippen LogP contribution < -0.4 is 35.9 Å². The van der Waals surface area contributed by atoms with Gasteiger partial charge >= 0.3 is 0 Å². The zero-order valence-corrected chi connectivity index (χ0v) is 37.2. The van der Waals surface area contributed by atoms with Crippen molar-refractivity contribution in [3.63, 3.8) is 0 Å². The largest absolute Gasteiger partial charge is 0.790 e. The number of ether oxygens (including phenoxy) is 1. The zero-order valence-electron chi connectivity index (χ0n) is 33.7. The van der Waals surface area contributed by atoms with Crippen LogP contribution in [0.25, 0.3) is 11.2 Å². The summed E-state index contributed by atoms with van der Waals surface area (Å²) in [6.07, 6.45) is 4.48. The number of hydrogen-bond donors (Lipinski definition) is 5. The topological polar surface area (TPSA) is 375 Å². The van der Waals surface area contributed by atoms with E-state index >= 15 is 0 Å². The van der Waals surface area contributed by atoms with Crippen LogP contribution in [0, 0.1) is 5.41 Å². The van der Waals surface area contributed by atoms with E-state index in [0.29, 0.717) is 12.2 Å². The summed E-state index contributed by atoms with van der Waals surface area (Å²) < 4.78 is 60.7. The minimum Gasteiger partial charge on any atom is -0.790 e. The Morgan fingerprint density at radius 2 is 1.69 bits per heavy atom. The Bertz CT molecular complexity index is 1940. The molecule has 0 bridgehead atoms. The third-order valence-electron chi connectivity index (χ3n) is 8.89. The van der Waals surface area contributed by atoms with Crippen molar-refractivity contribution in [2.45, 2.75) is 109 Å². The van der Waals surface area contributed by atoms with Crippen molar-refractivity contribution in [3.05, 3.63) is 24.8 Å². The third-order valence-corrected chi connectivity index (χ3v) is 12.8. The van der Waals surface area contributed by atoms with Crippen LogP contribution >= 0.6 is 35.2 Å². The molecule has 1 fully saturated rings. The minimum atomic E-state index is -5.91. The van der Waals surface area contributed by atoms with Crippen LogP contribution in [-0.4, -0.2) is 103 Å². The van der Waals surface area contributed by atoms with Gasteiger partial charge in [0.05, 0.1) is 27.4 Å². The molecule has 6 N–H and O–H groups in total. The maximum Gasteiger partial charge on any atom is 0.274 e. The number of nitrogens with zero attached hydrogens (tertiary/aromatic N) is 4. The van der Waals surface area contributed by atoms with Crippen LogP contribution in [0.4, 0.5) is 5.82 Å². The molecule has 7 atom stereocenters. The van der Waals surface area contributed by atoms with Gasteiger partial charge in [0.25, 0.3) is 15.6 Å². The first-order valence-corrected chi connectivity index (χ1v) is 24.5. The van der Waals surface area contributed by atoms with E-state index in [1.165, 1.54) is 13.8 Å². The number of aliphatic hydroxyl groups excluding tert-OH is 2. The molecular formula is C33H52N7O17P3S-4. The van der Waals surface area contributed by atoms with Crippen LogP contribution in [-0.2, 0) is 50.7 Å². The molecule has 3 heterocycles. The molecule has 28 heteroatoms. The summed E-state index contributed by atoms with van der Waals surface area (Å²) in [5.74, 6) is -1.15. The van der Waals surface area contributed by atoms with Gasteiger partial charge in [0.2, 0.25) is 11.8 Å². The van der Waals surface area contributed by atoms with Gasteiger partial charge in [-0.3, -0.25) is 28.1 Å². The standard InChI is InChI=1S/C33H56N7O17P3S/c1-4-5-6-7-8-9-10-11-12-13-24(42)61-17-16-35-23(41)14-15-36-31(45)28(44)33(2,3)19-54-60(51,52)57-59(49,50)53-18-22-27(56-58(46,47)48)26(43)32(55-22)40-21-39-25-29(34)37-20-38-30(25)40/h5-6,20-22,26-28,32,43-44H,4,7-19H2,1-3H3,(H,35,41)(H,36,45)(H,49,50)(H,51,52)(H2,34,37,38)(H2,46,47,48)/p-4/b6-5+/t22-,26-,27-,28+,32-/m1/s1. The second kappa shape index (κ2) is 24.4. The fourth-order valence-electron chi connectivity index (χ4n) is 5.69. The number of amides is 2. The first kappa shape index (κ1) is 52.6. The van der Waals surface area contributed by atoms with Gasteiger partial charge < -0.3 is 69.0 Å². The summed E-state index contributed by atoms with van der Waals surface area (Å²) in [5, 5.41) is 26.4. The Morgan fingerprint density at radius 3 is 2.39 bits per heavy atom. The van der Waals surface area contributed by atoms with Gasteiger partial charge in [-0.1, -0.05) is 63.9 Å². The molecule has 2 aromatic rings. The van der Waals surface area contributed by atoms with Crippen LogP contribution in [0.15, 0.2) is 24.8 Å². The molecule has 24 nitrogen and oxygen atoms in total. The molecule has 0 radical (unpaired) electrons. The molecule has 0 spiro atoms. The highest BCUT2D eigenvalue weighted by Gasteiger charge is 2.47. The molecule has 0 saturated carbocycles. The smallest absolute Gasteiger partial charge is 0.274 e. The van der Waals surface area contributed by atoms with Crippen LogP contribution in [0.2, 0.25) is 0 Å². The minimum absolute atomic E-state index is 0.0196. The zero-order chi connectivity index (χ0) is 45.4. The van der Waals surface area contributed by atoms with Crippen LogP contribution in [0.5, 0.6) is 0 Å². The molecule has 3 rings (SSSR count). The second-order valence-electron chi connectivity index (χ2n) is 14.4. The van der Waals surface area contributed by atoms with Crippen molar-refractivity contribution in [2.75, 3.05) is 37.8 Å². The summed E-state index contributed by atoms with van der Waals surface area (Å²) in [7, 11) is -17.6. The van der Waals surface area contributed by atoms with Gasteiger partial charge in [-0.2, -0.15) is 0 Å². The number of anilines is 1. The predicted molar refractivity (Wildman–Crippen MR) is 210 cm³/mol. The van der Waals surface area contributed by atoms with E-state index < -0.39 is 84.6 Å². The monoisotopic (exact) mass is 943 g/mol. The van der Waals surface area contributed by atoms with E-state index in [9.17, 15) is 57.9 Å². The molecular weight excluding hydrogens is 891 g/mol. The van der Waals surface area contributed by atoms with Crippen molar-refractivity contribution in [2.24, 2.45) is 5.41 Å². The molecule has 0 aromatic carbocycles. The number of carbonyl (C=O) groups excluding carboxylic acids is 3. The highest BCUT2D eigenvalue weighted by Crippen LogP contribution is 2.56. The van der Waals surface area contributed by atoms with E-state index in [1.807, 2.05) is 0 Å². The van der Waals surface area contributed by atoms with Gasteiger partial charge in [-0.25, -0.2) is 19.3 Å². The summed E-state index contributed by atoms with van der Waals surface area (Å²) in [6.45, 7) is 2.25. The van der Waals surface area contributed by atoms with Gasteiger partial charge in [-0.05, 0) is 25.7 Å². The number of imidazole rings is 1. The number of hydrogen-bond acceptors (Lipinski definition) is 22. The summed E-state index contributed by atoms with van der Waals surface area (Å²) in [4.78, 5) is 96.4. The lowest BCUT2D eigenvalue weighted by Crippen LogP contribution is -2.46. The average molecular weight is 944 g/mol. The number of phosphoric acid groups is 3. The third kappa shape index (κ3) is 18.1. The molecule has 2 aromatic heterocycles. The molecule has 1 aliphatic heterocycles. The summed E-state index contributed by atoms with van der Waals surface area (Å²) >= 11 is 1.13. The second-order valence-corrected chi connectivity index (χ2v) is 19.6. The molecule has 61 heavy (non-hydrogen) atoms. The SMILES string of the molecule is CC/C=C/CCCCCCCC(=O)SCCNC(=O)CCNC(=O)[C@H](O)C(C)(C)COP(=O)([O-])OP(=O)([O-])OC[C@H]1O[C@@H](n2cnc3c(N)ncnc32)[C@H](O)[C@@H]1OP(=O)([O-])[O-]. The van der Waals surface area contributed by atoms with Gasteiger partial charge in [-0.15, -0.1) is 0 Å². The number of aromatic nitrogens is 4. The van der Waals surface area contributed by atoms with E-state index in [4.69, 9.17) is 10.5 Å². The number of phosphoric ester groups is 3. The van der Waals surface area contributed by atoms with Crippen molar-refractivity contribution >= 4 is 69.1 Å². The van der Waals surface area contributed by atoms with Crippen molar-refractivity contribution in [3.8, 4) is 0 Å². The normalized spacial score (nSPS) is 21.0. The quantitative estimate of drug-likeness (QED) is 0.0420. The molecule has 346 valence electrons. The lowest BCUT2D eigenvalue weighted by atomic mass is 9.87. The maximum atomic E-state index is 12.6. The Balaban J connectivity index is 1.39. The number of allylic oxidation sites excluding steroid dienone is 2. The Hall–Kier alpha value is -2.70. The number of unbranched alkanes of at least 4 members (excludes halogenated alkanes) is 5. The van der Waals surface area contributed by atoms with E-state index in [2.05, 4.69) is 62.5 Å². The van der Waals surface area contributed by atoms with Crippen molar-refractivity contribution in [1.82, 2.24) is 30.2 Å². The van der Waals surface area contributed by atoms with Crippen LogP contribution in [0.1, 0.15) is 84.8 Å². The van der Waals surface area contributed by atoms with E-state index in [1.54, 1.807) is 0 Å². The number of nitrogens with one attached hydrogen (secondary N) is 2. The summed E-state index contributed by atoms with van der Waals surface area (Å²) in [5.41, 5.74) is 4.08. The van der Waals surface area contributed by atoms with Crippen LogP contribution in [0.3, 0.4) is 0 Å².